The first-order valence-electron chi connectivity index (χ1n) is 10.4. The van der Waals surface area contributed by atoms with E-state index in [0.29, 0.717) is 11.0 Å². The zero-order chi connectivity index (χ0) is 25.9. The molecule has 0 unspecified atom stereocenters. The van der Waals surface area contributed by atoms with Crippen LogP contribution in [0.25, 0.3) is 11.0 Å². The van der Waals surface area contributed by atoms with E-state index in [1.54, 1.807) is 42.5 Å². The minimum absolute atomic E-state index is 0.00721. The molecule has 4 aromatic rings. The lowest BCUT2D eigenvalue weighted by Gasteiger charge is -2.09. The highest BCUT2D eigenvalue weighted by Crippen LogP contribution is 2.16. The summed E-state index contributed by atoms with van der Waals surface area (Å²) in [5, 5.41) is 9.54. The predicted molar refractivity (Wildman–Crippen MR) is 133 cm³/mol. The summed E-state index contributed by atoms with van der Waals surface area (Å²) in [4.78, 5) is 25.2. The molecule has 0 aliphatic carbocycles. The Balaban J connectivity index is 1.73. The highest BCUT2D eigenvalue weighted by atomic mass is 32.2. The molecule has 3 N–H and O–H groups in total. The third-order valence-corrected chi connectivity index (χ3v) is 7.69. The van der Waals surface area contributed by atoms with E-state index in [1.165, 1.54) is 30.3 Å². The second kappa shape index (κ2) is 9.85. The third kappa shape index (κ3) is 5.57. The number of hydrogen-bond donors (Lipinski definition) is 2. The SMILES string of the molecule is NS(=O)(=O)c1ccc(C(=O)N/N=C(/CS(=O)(=O)c2ccccc2)c2cc3ccccc3oc2=O)cc1. The van der Waals surface area contributed by atoms with Crippen molar-refractivity contribution in [2.75, 3.05) is 5.75 Å². The largest absolute Gasteiger partial charge is 0.422 e. The number of hydrazone groups is 1. The number of rotatable bonds is 7. The topological polar surface area (TPSA) is 166 Å². The number of primary sulfonamides is 1. The fourth-order valence-electron chi connectivity index (χ4n) is 3.30. The first-order chi connectivity index (χ1) is 17.0. The number of nitrogens with two attached hydrogens (primary N) is 1. The van der Waals surface area contributed by atoms with Gasteiger partial charge in [0.25, 0.3) is 5.91 Å². The van der Waals surface area contributed by atoms with Crippen molar-refractivity contribution in [3.8, 4) is 0 Å². The average Bonchev–Trinajstić information content (AvgIpc) is 2.86. The first kappa shape index (κ1) is 25.0. The molecule has 0 saturated carbocycles. The Bertz CT molecular complexity index is 1750. The van der Waals surface area contributed by atoms with Gasteiger partial charge in [0.2, 0.25) is 10.0 Å². The Hall–Kier alpha value is -4.13. The van der Waals surface area contributed by atoms with Crippen LogP contribution in [0.2, 0.25) is 0 Å². The number of carbonyl (C=O) groups is 1. The zero-order valence-corrected chi connectivity index (χ0v) is 20.1. The molecule has 1 aromatic heterocycles. The van der Waals surface area contributed by atoms with Crippen LogP contribution in [0.1, 0.15) is 15.9 Å². The lowest BCUT2D eigenvalue weighted by Crippen LogP contribution is -2.27. The Morgan fingerprint density at radius 3 is 2.17 bits per heavy atom. The van der Waals surface area contributed by atoms with Crippen molar-refractivity contribution in [1.29, 1.82) is 0 Å². The van der Waals surface area contributed by atoms with Crippen LogP contribution in [-0.4, -0.2) is 34.2 Å². The summed E-state index contributed by atoms with van der Waals surface area (Å²) in [6.07, 6.45) is 0. The highest BCUT2D eigenvalue weighted by Gasteiger charge is 2.22. The van der Waals surface area contributed by atoms with Crippen LogP contribution in [-0.2, 0) is 19.9 Å². The number of nitrogens with one attached hydrogen (secondary N) is 1. The molecular formula is C24H19N3O7S2. The number of sulfonamides is 1. The second-order valence-electron chi connectivity index (χ2n) is 7.63. The number of hydrogen-bond acceptors (Lipinski definition) is 8. The lowest BCUT2D eigenvalue weighted by atomic mass is 10.1. The van der Waals surface area contributed by atoms with E-state index in [2.05, 4.69) is 10.5 Å². The molecule has 12 heteroatoms. The van der Waals surface area contributed by atoms with Crippen LogP contribution in [0.3, 0.4) is 0 Å². The van der Waals surface area contributed by atoms with Crippen molar-refractivity contribution in [2.24, 2.45) is 10.2 Å². The van der Waals surface area contributed by atoms with E-state index in [4.69, 9.17) is 9.56 Å². The van der Waals surface area contributed by atoms with Crippen molar-refractivity contribution >= 4 is 42.4 Å². The van der Waals surface area contributed by atoms with Gasteiger partial charge < -0.3 is 4.42 Å². The number of amides is 1. The minimum Gasteiger partial charge on any atom is -0.422 e. The maximum atomic E-state index is 13.0. The molecule has 0 bridgehead atoms. The van der Waals surface area contributed by atoms with E-state index in [9.17, 15) is 26.4 Å². The van der Waals surface area contributed by atoms with E-state index in [1.807, 2.05) is 0 Å². The van der Waals surface area contributed by atoms with Gasteiger partial charge in [0.1, 0.15) is 5.58 Å². The molecule has 0 atom stereocenters. The molecule has 0 spiro atoms. The quantitative estimate of drug-likeness (QED) is 0.212. The Morgan fingerprint density at radius 1 is 0.861 bits per heavy atom. The monoisotopic (exact) mass is 525 g/mol. The Kier molecular flexibility index (Phi) is 6.84. The molecule has 184 valence electrons. The molecule has 36 heavy (non-hydrogen) atoms. The summed E-state index contributed by atoms with van der Waals surface area (Å²) in [6, 6.07) is 20.4. The number of sulfone groups is 1. The second-order valence-corrected chi connectivity index (χ2v) is 11.2. The van der Waals surface area contributed by atoms with E-state index in [0.717, 1.165) is 12.1 Å². The molecule has 10 nitrogen and oxygen atoms in total. The number of fused-ring (bicyclic) bond motifs is 1. The highest BCUT2D eigenvalue weighted by molar-refractivity contribution is 7.92. The van der Waals surface area contributed by atoms with Gasteiger partial charge in [0.05, 0.1) is 26.8 Å². The zero-order valence-electron chi connectivity index (χ0n) is 18.5. The molecule has 0 radical (unpaired) electrons. The van der Waals surface area contributed by atoms with Gasteiger partial charge in [-0.25, -0.2) is 32.2 Å². The molecular weight excluding hydrogens is 506 g/mol. The van der Waals surface area contributed by atoms with Crippen molar-refractivity contribution in [3.63, 3.8) is 0 Å². The van der Waals surface area contributed by atoms with Gasteiger partial charge in [0.15, 0.2) is 9.84 Å². The summed E-state index contributed by atoms with van der Waals surface area (Å²) in [5.74, 6) is -1.47. The van der Waals surface area contributed by atoms with E-state index >= 15 is 0 Å². The van der Waals surface area contributed by atoms with Crippen molar-refractivity contribution in [1.82, 2.24) is 5.43 Å². The van der Waals surface area contributed by atoms with Gasteiger partial charge in [-0.2, -0.15) is 5.10 Å². The Labute approximate surface area is 206 Å². The van der Waals surface area contributed by atoms with Crippen LogP contribution in [0, 0.1) is 0 Å². The van der Waals surface area contributed by atoms with Gasteiger partial charge in [-0.1, -0.05) is 36.4 Å². The number of carbonyl (C=O) groups excluding carboxylic acids is 1. The number of nitrogens with zero attached hydrogens (tertiary/aromatic N) is 1. The van der Waals surface area contributed by atoms with Gasteiger partial charge in [0, 0.05) is 10.9 Å². The van der Waals surface area contributed by atoms with Crippen molar-refractivity contribution in [3.05, 3.63) is 106 Å². The molecule has 0 aliphatic heterocycles. The summed E-state index contributed by atoms with van der Waals surface area (Å²) < 4.78 is 54.2. The fourth-order valence-corrected chi connectivity index (χ4v) is 5.14. The average molecular weight is 526 g/mol. The predicted octanol–water partition coefficient (Wildman–Crippen LogP) is 2.05. The van der Waals surface area contributed by atoms with Crippen LogP contribution >= 0.6 is 0 Å². The Morgan fingerprint density at radius 2 is 1.50 bits per heavy atom. The summed E-state index contributed by atoms with van der Waals surface area (Å²) in [5.41, 5.74) is 1.34. The van der Waals surface area contributed by atoms with Crippen molar-refractivity contribution < 1.29 is 26.0 Å². The molecule has 3 aromatic carbocycles. The van der Waals surface area contributed by atoms with Gasteiger partial charge in [-0.15, -0.1) is 0 Å². The normalized spacial score (nSPS) is 12.4. The molecule has 0 saturated heterocycles. The third-order valence-electron chi connectivity index (χ3n) is 5.12. The summed E-state index contributed by atoms with van der Waals surface area (Å²) in [7, 11) is -7.90. The molecule has 0 aliphatic rings. The minimum atomic E-state index is -3.96. The lowest BCUT2D eigenvalue weighted by molar-refractivity contribution is 0.0954. The first-order valence-corrected chi connectivity index (χ1v) is 13.6. The van der Waals surface area contributed by atoms with Crippen molar-refractivity contribution in [2.45, 2.75) is 9.79 Å². The van der Waals surface area contributed by atoms with Gasteiger partial charge in [-0.3, -0.25) is 4.79 Å². The fraction of sp³-hybridized carbons (Fsp3) is 0.0417. The molecule has 0 fully saturated rings. The molecule has 1 heterocycles. The maximum Gasteiger partial charge on any atom is 0.345 e. The van der Waals surface area contributed by atoms with Crippen LogP contribution in [0.15, 0.2) is 109 Å². The van der Waals surface area contributed by atoms with Crippen LogP contribution in [0.4, 0.5) is 0 Å². The van der Waals surface area contributed by atoms with Gasteiger partial charge >= 0.3 is 5.63 Å². The summed E-state index contributed by atoms with van der Waals surface area (Å²) in [6.45, 7) is 0. The standard InChI is InChI=1S/C24H19N3O7S2/c25-36(32,33)19-12-10-16(11-13-19)23(28)27-26-21(15-35(30,31)18-7-2-1-3-8-18)20-14-17-6-4-5-9-22(17)34-24(20)29/h1-14H,15H2,(H,27,28)(H2,25,32,33)/b26-21-. The van der Waals surface area contributed by atoms with Crippen LogP contribution in [0.5, 0.6) is 0 Å². The van der Waals surface area contributed by atoms with E-state index < -0.39 is 37.1 Å². The van der Waals surface area contributed by atoms with Gasteiger partial charge in [-0.05, 0) is 48.5 Å². The van der Waals surface area contributed by atoms with E-state index in [-0.39, 0.29) is 26.6 Å². The smallest absolute Gasteiger partial charge is 0.345 e. The molecule has 4 rings (SSSR count). The maximum absolute atomic E-state index is 13.0. The number of benzene rings is 3. The van der Waals surface area contributed by atoms with Crippen LogP contribution < -0.4 is 16.2 Å². The number of para-hydroxylation sites is 1. The summed E-state index contributed by atoms with van der Waals surface area (Å²) >= 11 is 0. The molecule has 1 amide bonds.